The van der Waals surface area contributed by atoms with Gasteiger partial charge in [-0.05, 0) is 36.4 Å². The number of anilines is 1. The fourth-order valence-electron chi connectivity index (χ4n) is 3.72. The van der Waals surface area contributed by atoms with Crippen LogP contribution in [0.3, 0.4) is 0 Å². The number of hydrogen-bond acceptors (Lipinski definition) is 4. The summed E-state index contributed by atoms with van der Waals surface area (Å²) >= 11 is 0. The first-order valence-electron chi connectivity index (χ1n) is 10.2. The number of benzene rings is 3. The molecule has 0 radical (unpaired) electrons. The average Bonchev–Trinajstić information content (AvgIpc) is 3.15. The van der Waals surface area contributed by atoms with Gasteiger partial charge in [0, 0.05) is 41.6 Å². The molecule has 0 aliphatic heterocycles. The molecule has 0 fully saturated rings. The summed E-state index contributed by atoms with van der Waals surface area (Å²) in [5, 5.41) is 0.421. The number of hydrogen-bond donors (Lipinski definition) is 0. The highest BCUT2D eigenvalue weighted by molar-refractivity contribution is 7.92. The Labute approximate surface area is 190 Å². The molecule has 0 aliphatic carbocycles. The Hall–Kier alpha value is -3.52. The Kier molecular flexibility index (Phi) is 5.80. The molecule has 0 unspecified atom stereocenters. The Morgan fingerprint density at radius 2 is 1.67 bits per heavy atom. The smallest absolute Gasteiger partial charge is 0.232 e. The lowest BCUT2D eigenvalue weighted by atomic mass is 9.96. The highest BCUT2D eigenvalue weighted by Gasteiger charge is 2.26. The average molecular weight is 470 g/mol. The highest BCUT2D eigenvalue weighted by atomic mass is 32.2. The van der Waals surface area contributed by atoms with Gasteiger partial charge in [0.15, 0.2) is 5.78 Å². The van der Waals surface area contributed by atoms with E-state index in [2.05, 4.69) is 0 Å². The predicted octanol–water partition coefficient (Wildman–Crippen LogP) is 6.03. The van der Waals surface area contributed by atoms with Crippen LogP contribution in [0.2, 0.25) is 0 Å². The molecule has 8 heteroatoms. The Bertz CT molecular complexity index is 1470. The normalized spacial score (nSPS) is 11.7. The summed E-state index contributed by atoms with van der Waals surface area (Å²) in [7, 11) is -2.32. The van der Waals surface area contributed by atoms with Crippen LogP contribution >= 0.6 is 0 Å². The minimum Gasteiger partial charge on any atom is -0.455 e. The predicted molar refractivity (Wildman–Crippen MR) is 125 cm³/mol. The number of rotatable bonds is 6. The molecule has 3 aromatic carbocycles. The van der Waals surface area contributed by atoms with Crippen molar-refractivity contribution in [3.63, 3.8) is 0 Å². The van der Waals surface area contributed by atoms with Crippen LogP contribution in [0.15, 0.2) is 65.1 Å². The van der Waals surface area contributed by atoms with Crippen LogP contribution in [0.5, 0.6) is 0 Å². The molecule has 0 saturated carbocycles. The molecule has 1 aromatic heterocycles. The molecule has 1 heterocycles. The zero-order valence-corrected chi connectivity index (χ0v) is 19.0. The first-order chi connectivity index (χ1) is 15.6. The molecule has 0 amide bonds. The molecule has 0 spiro atoms. The second-order valence-corrected chi connectivity index (χ2v) is 9.68. The van der Waals surface area contributed by atoms with Gasteiger partial charge < -0.3 is 4.42 Å². The van der Waals surface area contributed by atoms with E-state index >= 15 is 0 Å². The Balaban J connectivity index is 2.10. The monoisotopic (exact) mass is 469 g/mol. The fraction of sp³-hybridized carbons (Fsp3) is 0.160. The summed E-state index contributed by atoms with van der Waals surface area (Å²) < 4.78 is 59.9. The highest BCUT2D eigenvalue weighted by Crippen LogP contribution is 2.42. The van der Waals surface area contributed by atoms with Gasteiger partial charge >= 0.3 is 0 Å². The van der Waals surface area contributed by atoms with Crippen LogP contribution in [0.25, 0.3) is 33.4 Å². The molecule has 33 heavy (non-hydrogen) atoms. The summed E-state index contributed by atoms with van der Waals surface area (Å²) in [6, 6.07) is 14.6. The first-order valence-corrected chi connectivity index (χ1v) is 12.0. The van der Waals surface area contributed by atoms with Crippen molar-refractivity contribution < 1.29 is 26.4 Å². The van der Waals surface area contributed by atoms with Crippen LogP contribution in [0.1, 0.15) is 23.7 Å². The quantitative estimate of drug-likeness (QED) is 0.323. The number of carbonyl (C=O) groups is 1. The molecule has 0 N–H and O–H groups in total. The fourth-order valence-corrected chi connectivity index (χ4v) is 4.23. The summed E-state index contributed by atoms with van der Waals surface area (Å²) in [4.78, 5) is 12.9. The molecule has 4 rings (SSSR count). The first kappa shape index (κ1) is 22.7. The zero-order valence-electron chi connectivity index (χ0n) is 18.2. The van der Waals surface area contributed by atoms with Crippen molar-refractivity contribution in [2.45, 2.75) is 13.3 Å². The summed E-state index contributed by atoms with van der Waals surface area (Å²) in [5.41, 5.74) is 1.72. The number of furan rings is 1. The Morgan fingerprint density at radius 1 is 1.00 bits per heavy atom. The SMILES string of the molecule is CCC(=O)c1c(-c2ccc(F)cc2)oc2cc(N(C)S(C)(=O)=O)c(-c3ccccc3F)cc12. The van der Waals surface area contributed by atoms with E-state index < -0.39 is 21.7 Å². The third-order valence-corrected chi connectivity index (χ3v) is 6.71. The van der Waals surface area contributed by atoms with Crippen LogP contribution in [0, 0.1) is 11.6 Å². The van der Waals surface area contributed by atoms with Crippen molar-refractivity contribution >= 4 is 32.5 Å². The summed E-state index contributed by atoms with van der Waals surface area (Å²) in [6.45, 7) is 1.71. The number of Topliss-reactive ketones (excluding diaryl/α,β-unsaturated/α-hetero) is 1. The lowest BCUT2D eigenvalue weighted by molar-refractivity contribution is 0.0989. The van der Waals surface area contributed by atoms with Crippen LogP contribution < -0.4 is 4.31 Å². The number of halogens is 2. The maximum absolute atomic E-state index is 14.8. The van der Waals surface area contributed by atoms with Crippen LogP contribution in [0.4, 0.5) is 14.5 Å². The van der Waals surface area contributed by atoms with E-state index in [1.165, 1.54) is 49.5 Å². The van der Waals surface area contributed by atoms with Gasteiger partial charge in [-0.3, -0.25) is 9.10 Å². The molecule has 4 aromatic rings. The van der Waals surface area contributed by atoms with Crippen LogP contribution in [-0.2, 0) is 10.0 Å². The van der Waals surface area contributed by atoms with E-state index in [1.807, 2.05) is 0 Å². The minimum atomic E-state index is -3.69. The maximum atomic E-state index is 14.8. The van der Waals surface area contributed by atoms with E-state index in [1.54, 1.807) is 25.1 Å². The van der Waals surface area contributed by atoms with Gasteiger partial charge in [-0.25, -0.2) is 17.2 Å². The van der Waals surface area contributed by atoms with Crippen molar-refractivity contribution in [1.82, 2.24) is 0 Å². The van der Waals surface area contributed by atoms with Gasteiger partial charge in [0.1, 0.15) is 23.0 Å². The Morgan fingerprint density at radius 3 is 2.27 bits per heavy atom. The van der Waals surface area contributed by atoms with Gasteiger partial charge in [-0.2, -0.15) is 0 Å². The van der Waals surface area contributed by atoms with Crippen molar-refractivity contribution in [1.29, 1.82) is 0 Å². The van der Waals surface area contributed by atoms with E-state index in [-0.39, 0.29) is 40.4 Å². The van der Waals surface area contributed by atoms with Crippen molar-refractivity contribution in [3.8, 4) is 22.5 Å². The molecule has 0 atom stereocenters. The van der Waals surface area contributed by atoms with E-state index in [9.17, 15) is 22.0 Å². The van der Waals surface area contributed by atoms with E-state index in [0.29, 0.717) is 16.5 Å². The van der Waals surface area contributed by atoms with Gasteiger partial charge in [0.25, 0.3) is 0 Å². The summed E-state index contributed by atoms with van der Waals surface area (Å²) in [5.74, 6) is -0.935. The van der Waals surface area contributed by atoms with E-state index in [4.69, 9.17) is 4.42 Å². The second kappa shape index (κ2) is 8.44. The summed E-state index contributed by atoms with van der Waals surface area (Å²) in [6.07, 6.45) is 1.23. The van der Waals surface area contributed by atoms with Crippen LogP contribution in [-0.4, -0.2) is 27.5 Å². The number of nitrogens with zero attached hydrogens (tertiary/aromatic N) is 1. The van der Waals surface area contributed by atoms with Gasteiger partial charge in [-0.1, -0.05) is 25.1 Å². The maximum Gasteiger partial charge on any atom is 0.232 e. The third-order valence-electron chi connectivity index (χ3n) is 5.51. The number of ketones is 1. The minimum absolute atomic E-state index is 0.183. The van der Waals surface area contributed by atoms with Gasteiger partial charge in [0.2, 0.25) is 10.0 Å². The molecule has 0 bridgehead atoms. The number of carbonyl (C=O) groups excluding carboxylic acids is 1. The third kappa shape index (κ3) is 4.14. The molecule has 5 nitrogen and oxygen atoms in total. The second-order valence-electron chi connectivity index (χ2n) is 7.67. The molecule has 0 saturated heterocycles. The standard InChI is InChI=1S/C25H21F2NO4S/c1-4-22(29)24-19-13-18(17-7-5-6-8-20(17)27)21(28(2)33(3,30)31)14-23(19)32-25(24)15-9-11-16(26)12-10-15/h5-14H,4H2,1-3H3. The lowest BCUT2D eigenvalue weighted by Crippen LogP contribution is -2.25. The largest absolute Gasteiger partial charge is 0.455 e. The lowest BCUT2D eigenvalue weighted by Gasteiger charge is -2.21. The molecular weight excluding hydrogens is 448 g/mol. The van der Waals surface area contributed by atoms with Crippen molar-refractivity contribution in [2.24, 2.45) is 0 Å². The zero-order chi connectivity index (χ0) is 23.9. The van der Waals surface area contributed by atoms with Crippen molar-refractivity contribution in [3.05, 3.63) is 77.9 Å². The topological polar surface area (TPSA) is 67.6 Å². The van der Waals surface area contributed by atoms with Crippen molar-refractivity contribution in [2.75, 3.05) is 17.6 Å². The van der Waals surface area contributed by atoms with E-state index in [0.717, 1.165) is 10.6 Å². The molecule has 0 aliphatic rings. The van der Waals surface area contributed by atoms with Gasteiger partial charge in [0.05, 0.1) is 17.5 Å². The van der Waals surface area contributed by atoms with Gasteiger partial charge in [-0.15, -0.1) is 0 Å². The number of fused-ring (bicyclic) bond motifs is 1. The molecular formula is C25H21F2NO4S. The molecule has 170 valence electrons. The number of sulfonamides is 1.